The van der Waals surface area contributed by atoms with Crippen LogP contribution in [0.15, 0.2) is 0 Å². The van der Waals surface area contributed by atoms with Gasteiger partial charge in [0.05, 0.1) is 6.10 Å². The molecule has 0 saturated carbocycles. The van der Waals surface area contributed by atoms with Crippen LogP contribution in [0.1, 0.15) is 33.1 Å². The molecule has 2 nitrogen and oxygen atoms in total. The molecule has 0 aromatic heterocycles. The van der Waals surface area contributed by atoms with Crippen molar-refractivity contribution in [3.05, 3.63) is 0 Å². The Kier molecular flexibility index (Phi) is 2.90. The second-order valence-corrected chi connectivity index (χ2v) is 3.97. The van der Waals surface area contributed by atoms with E-state index in [1.807, 2.05) is 7.05 Å². The van der Waals surface area contributed by atoms with Crippen LogP contribution in [0.5, 0.6) is 0 Å². The van der Waals surface area contributed by atoms with Gasteiger partial charge in [-0.05, 0) is 40.2 Å². The molecule has 0 radical (unpaired) electrons. The van der Waals surface area contributed by atoms with Crippen LogP contribution in [0, 0.1) is 0 Å². The van der Waals surface area contributed by atoms with Gasteiger partial charge >= 0.3 is 0 Å². The van der Waals surface area contributed by atoms with Gasteiger partial charge in [-0.2, -0.15) is 0 Å². The highest BCUT2D eigenvalue weighted by molar-refractivity contribution is 4.81. The predicted octanol–water partition coefficient (Wildman–Crippen LogP) is 1.55. The van der Waals surface area contributed by atoms with Crippen LogP contribution in [-0.4, -0.2) is 25.3 Å². The monoisotopic (exact) mass is 157 g/mol. The summed E-state index contributed by atoms with van der Waals surface area (Å²) < 4.78 is 5.55. The van der Waals surface area contributed by atoms with E-state index in [0.717, 1.165) is 13.0 Å². The van der Waals surface area contributed by atoms with Crippen molar-refractivity contribution in [3.8, 4) is 0 Å². The molecule has 0 aromatic rings. The van der Waals surface area contributed by atoms with E-state index in [1.165, 1.54) is 12.8 Å². The number of ether oxygens (including phenoxy) is 1. The average molecular weight is 157 g/mol. The minimum absolute atomic E-state index is 0.231. The first-order chi connectivity index (χ1) is 5.14. The van der Waals surface area contributed by atoms with Crippen molar-refractivity contribution in [1.82, 2.24) is 5.32 Å². The first-order valence-corrected chi connectivity index (χ1v) is 4.44. The second-order valence-electron chi connectivity index (χ2n) is 3.97. The smallest absolute Gasteiger partial charge is 0.0593 e. The summed E-state index contributed by atoms with van der Waals surface area (Å²) in [7, 11) is 2.01. The molecule has 0 aliphatic carbocycles. The van der Waals surface area contributed by atoms with Gasteiger partial charge in [0.1, 0.15) is 0 Å². The van der Waals surface area contributed by atoms with Gasteiger partial charge < -0.3 is 10.1 Å². The minimum atomic E-state index is 0.231. The second kappa shape index (κ2) is 3.55. The van der Waals surface area contributed by atoms with Gasteiger partial charge in [0.25, 0.3) is 0 Å². The lowest BCUT2D eigenvalue weighted by molar-refractivity contribution is 0.0834. The van der Waals surface area contributed by atoms with Gasteiger partial charge in [0, 0.05) is 12.1 Å². The van der Waals surface area contributed by atoms with E-state index in [2.05, 4.69) is 19.2 Å². The summed E-state index contributed by atoms with van der Waals surface area (Å²) in [6, 6.07) is 0. The van der Waals surface area contributed by atoms with E-state index in [1.54, 1.807) is 0 Å². The Morgan fingerprint density at radius 3 is 2.73 bits per heavy atom. The quantitative estimate of drug-likeness (QED) is 0.671. The molecule has 1 unspecified atom stereocenters. The van der Waals surface area contributed by atoms with Crippen LogP contribution >= 0.6 is 0 Å². The van der Waals surface area contributed by atoms with Crippen molar-refractivity contribution in [1.29, 1.82) is 0 Å². The maximum absolute atomic E-state index is 5.55. The molecular formula is C9H19NO. The molecule has 1 heterocycles. The lowest BCUT2D eigenvalue weighted by Gasteiger charge is -2.26. The zero-order valence-corrected chi connectivity index (χ0v) is 7.81. The van der Waals surface area contributed by atoms with Crippen LogP contribution in [0.25, 0.3) is 0 Å². The summed E-state index contributed by atoms with van der Waals surface area (Å²) in [5.41, 5.74) is 0.231. The SMILES string of the molecule is CNC(C)(C)CC1CCCO1. The highest BCUT2D eigenvalue weighted by Crippen LogP contribution is 2.21. The van der Waals surface area contributed by atoms with Crippen molar-refractivity contribution in [2.24, 2.45) is 0 Å². The van der Waals surface area contributed by atoms with Crippen molar-refractivity contribution in [2.45, 2.75) is 44.8 Å². The van der Waals surface area contributed by atoms with Crippen molar-refractivity contribution < 1.29 is 4.74 Å². The van der Waals surface area contributed by atoms with E-state index in [9.17, 15) is 0 Å². The molecule has 66 valence electrons. The van der Waals surface area contributed by atoms with Crippen LogP contribution in [0.3, 0.4) is 0 Å². The zero-order chi connectivity index (χ0) is 8.32. The van der Waals surface area contributed by atoms with Crippen LogP contribution in [0.4, 0.5) is 0 Å². The standard InChI is InChI=1S/C9H19NO/c1-9(2,10-3)7-8-5-4-6-11-8/h8,10H,4-7H2,1-3H3. The van der Waals surface area contributed by atoms with Crippen molar-refractivity contribution >= 4 is 0 Å². The Morgan fingerprint density at radius 1 is 1.55 bits per heavy atom. The molecule has 0 aromatic carbocycles. The largest absolute Gasteiger partial charge is 0.378 e. The molecule has 1 aliphatic rings. The van der Waals surface area contributed by atoms with Crippen molar-refractivity contribution in [2.75, 3.05) is 13.7 Å². The molecule has 0 amide bonds. The normalized spacial score (nSPS) is 25.9. The predicted molar refractivity (Wildman–Crippen MR) is 46.7 cm³/mol. The van der Waals surface area contributed by atoms with Crippen LogP contribution in [0.2, 0.25) is 0 Å². The molecule has 1 aliphatic heterocycles. The fraction of sp³-hybridized carbons (Fsp3) is 1.00. The first-order valence-electron chi connectivity index (χ1n) is 4.44. The summed E-state index contributed by atoms with van der Waals surface area (Å²) in [5.74, 6) is 0. The molecule has 0 bridgehead atoms. The lowest BCUT2D eigenvalue weighted by atomic mass is 9.96. The van der Waals surface area contributed by atoms with Crippen molar-refractivity contribution in [3.63, 3.8) is 0 Å². The molecular weight excluding hydrogens is 138 g/mol. The molecule has 1 N–H and O–H groups in total. The fourth-order valence-electron chi connectivity index (χ4n) is 1.48. The van der Waals surface area contributed by atoms with Gasteiger partial charge in [-0.1, -0.05) is 0 Å². The van der Waals surface area contributed by atoms with E-state index in [-0.39, 0.29) is 5.54 Å². The van der Waals surface area contributed by atoms with Gasteiger partial charge in [-0.15, -0.1) is 0 Å². The van der Waals surface area contributed by atoms with Gasteiger partial charge in [0.2, 0.25) is 0 Å². The van der Waals surface area contributed by atoms with E-state index >= 15 is 0 Å². The Bertz CT molecular complexity index is 117. The maximum Gasteiger partial charge on any atom is 0.0593 e. The van der Waals surface area contributed by atoms with Gasteiger partial charge in [0.15, 0.2) is 0 Å². The van der Waals surface area contributed by atoms with Gasteiger partial charge in [-0.3, -0.25) is 0 Å². The average Bonchev–Trinajstić information content (AvgIpc) is 2.39. The maximum atomic E-state index is 5.55. The Morgan fingerprint density at radius 2 is 2.27 bits per heavy atom. The van der Waals surface area contributed by atoms with E-state index in [0.29, 0.717) is 6.10 Å². The summed E-state index contributed by atoms with van der Waals surface area (Å²) in [4.78, 5) is 0. The molecule has 0 spiro atoms. The summed E-state index contributed by atoms with van der Waals surface area (Å²) in [6.07, 6.45) is 4.11. The Balaban J connectivity index is 2.28. The topological polar surface area (TPSA) is 21.3 Å². The number of hydrogen-bond donors (Lipinski definition) is 1. The highest BCUT2D eigenvalue weighted by Gasteiger charge is 2.24. The summed E-state index contributed by atoms with van der Waals surface area (Å²) in [6.45, 7) is 5.40. The van der Waals surface area contributed by atoms with Gasteiger partial charge in [-0.25, -0.2) is 0 Å². The number of nitrogens with one attached hydrogen (secondary N) is 1. The van der Waals surface area contributed by atoms with E-state index < -0.39 is 0 Å². The molecule has 1 rings (SSSR count). The molecule has 11 heavy (non-hydrogen) atoms. The molecule has 1 atom stereocenters. The minimum Gasteiger partial charge on any atom is -0.378 e. The third-order valence-electron chi connectivity index (χ3n) is 2.44. The third kappa shape index (κ3) is 2.80. The summed E-state index contributed by atoms with van der Waals surface area (Å²) >= 11 is 0. The molecule has 1 saturated heterocycles. The Labute approximate surface area is 69.3 Å². The highest BCUT2D eigenvalue weighted by atomic mass is 16.5. The molecule has 2 heteroatoms. The van der Waals surface area contributed by atoms with Crippen LogP contribution in [-0.2, 0) is 4.74 Å². The third-order valence-corrected chi connectivity index (χ3v) is 2.44. The van der Waals surface area contributed by atoms with Crippen LogP contribution < -0.4 is 5.32 Å². The zero-order valence-electron chi connectivity index (χ0n) is 7.81. The molecule has 1 fully saturated rings. The Hall–Kier alpha value is -0.0800. The lowest BCUT2D eigenvalue weighted by Crippen LogP contribution is -2.39. The first kappa shape index (κ1) is 9.01. The summed E-state index contributed by atoms with van der Waals surface area (Å²) in [5, 5.41) is 3.29. The van der Waals surface area contributed by atoms with E-state index in [4.69, 9.17) is 4.74 Å². The fourth-order valence-corrected chi connectivity index (χ4v) is 1.48. The number of hydrogen-bond acceptors (Lipinski definition) is 2. The number of rotatable bonds is 3.